The third kappa shape index (κ3) is 15.9. The molecule has 182 valence electrons. The predicted octanol–water partition coefficient (Wildman–Crippen LogP) is 8.08. The first-order valence-electron chi connectivity index (χ1n) is 13.1. The Kier molecular flexibility index (Phi) is 17.5. The van der Waals surface area contributed by atoms with Crippen LogP contribution in [-0.4, -0.2) is 17.0 Å². The third-order valence-corrected chi connectivity index (χ3v) is 6.18. The van der Waals surface area contributed by atoms with E-state index >= 15 is 0 Å². The second-order valence-corrected chi connectivity index (χ2v) is 9.10. The molecule has 4 nitrogen and oxygen atoms in total. The quantitative estimate of drug-likeness (QED) is 0.153. The van der Waals surface area contributed by atoms with Crippen LogP contribution in [0.25, 0.3) is 0 Å². The molecule has 1 atom stereocenters. The number of esters is 1. The third-order valence-electron chi connectivity index (χ3n) is 6.18. The summed E-state index contributed by atoms with van der Waals surface area (Å²) in [6.45, 7) is 2.59. The van der Waals surface area contributed by atoms with Crippen molar-refractivity contribution < 1.29 is 19.4 Å². The minimum absolute atomic E-state index is 0.126. The average molecular weight is 447 g/mol. The molecular formula is C28H46O4. The van der Waals surface area contributed by atoms with Gasteiger partial charge in [-0.05, 0) is 24.8 Å². The van der Waals surface area contributed by atoms with Crippen LogP contribution < -0.4 is 0 Å². The topological polar surface area (TPSA) is 63.6 Å². The molecule has 1 N–H and O–H groups in total. The summed E-state index contributed by atoms with van der Waals surface area (Å²) in [4.78, 5) is 23.3. The van der Waals surface area contributed by atoms with E-state index in [1.165, 1.54) is 44.9 Å². The minimum Gasteiger partial charge on any atom is -0.481 e. The van der Waals surface area contributed by atoms with Crippen molar-refractivity contribution >= 4 is 11.9 Å². The number of carbonyl (C=O) groups excluding carboxylic acids is 1. The lowest BCUT2D eigenvalue weighted by molar-refractivity contribution is -0.145. The number of hydrogen-bond donors (Lipinski definition) is 1. The molecule has 0 bridgehead atoms. The molecule has 0 heterocycles. The lowest BCUT2D eigenvalue weighted by atomic mass is 9.94. The van der Waals surface area contributed by atoms with E-state index < -0.39 is 5.97 Å². The molecule has 4 heteroatoms. The van der Waals surface area contributed by atoms with Crippen molar-refractivity contribution in [2.75, 3.05) is 0 Å². The Morgan fingerprint density at radius 1 is 0.750 bits per heavy atom. The smallest absolute Gasteiger partial charge is 0.306 e. The number of benzene rings is 1. The molecule has 1 aromatic carbocycles. The second kappa shape index (κ2) is 19.8. The largest absolute Gasteiger partial charge is 0.481 e. The molecule has 0 aromatic heterocycles. The Hall–Kier alpha value is -1.84. The number of rotatable bonds is 21. The van der Waals surface area contributed by atoms with Crippen molar-refractivity contribution in [3.63, 3.8) is 0 Å². The maximum Gasteiger partial charge on any atom is 0.306 e. The molecule has 0 saturated heterocycles. The zero-order valence-electron chi connectivity index (χ0n) is 20.4. The van der Waals surface area contributed by atoms with Gasteiger partial charge in [-0.15, -0.1) is 0 Å². The molecule has 0 aliphatic rings. The number of unbranched alkanes of at least 4 members (excludes halogenated alkanes) is 12. The highest BCUT2D eigenvalue weighted by molar-refractivity contribution is 5.70. The molecule has 1 aromatic rings. The van der Waals surface area contributed by atoms with Crippen LogP contribution in [-0.2, 0) is 20.9 Å². The van der Waals surface area contributed by atoms with Crippen LogP contribution in [0.4, 0.5) is 0 Å². The van der Waals surface area contributed by atoms with E-state index in [2.05, 4.69) is 6.92 Å². The summed E-state index contributed by atoms with van der Waals surface area (Å²) < 4.78 is 5.30. The van der Waals surface area contributed by atoms with E-state index in [0.717, 1.165) is 63.4 Å². The van der Waals surface area contributed by atoms with E-state index in [1.54, 1.807) is 0 Å². The Morgan fingerprint density at radius 2 is 1.25 bits per heavy atom. The van der Waals surface area contributed by atoms with Gasteiger partial charge in [-0.3, -0.25) is 9.59 Å². The fourth-order valence-corrected chi connectivity index (χ4v) is 4.09. The summed E-state index contributed by atoms with van der Waals surface area (Å²) in [6, 6.07) is 9.75. The van der Waals surface area contributed by atoms with Gasteiger partial charge in [0.1, 0.15) is 6.61 Å². The van der Waals surface area contributed by atoms with Gasteiger partial charge in [-0.2, -0.15) is 0 Å². The Morgan fingerprint density at radius 3 is 1.78 bits per heavy atom. The molecule has 0 radical (unpaired) electrons. The lowest BCUT2D eigenvalue weighted by Gasteiger charge is -2.12. The summed E-state index contributed by atoms with van der Waals surface area (Å²) in [5.41, 5.74) is 1.02. The summed E-state index contributed by atoms with van der Waals surface area (Å²) in [5.74, 6) is -0.921. The van der Waals surface area contributed by atoms with Gasteiger partial charge in [0.15, 0.2) is 0 Å². The minimum atomic E-state index is -0.623. The van der Waals surface area contributed by atoms with Crippen LogP contribution in [0.15, 0.2) is 30.3 Å². The Bertz CT molecular complexity index is 584. The highest BCUT2D eigenvalue weighted by Gasteiger charge is 2.16. The molecular weight excluding hydrogens is 400 g/mol. The molecule has 0 saturated carbocycles. The van der Waals surface area contributed by atoms with Crippen LogP contribution >= 0.6 is 0 Å². The fraction of sp³-hybridized carbons (Fsp3) is 0.714. The van der Waals surface area contributed by atoms with Crippen molar-refractivity contribution in [2.24, 2.45) is 5.92 Å². The fourth-order valence-electron chi connectivity index (χ4n) is 4.09. The summed E-state index contributed by atoms with van der Waals surface area (Å²) in [5, 5.41) is 9.47. The Balaban J connectivity index is 1.95. The second-order valence-electron chi connectivity index (χ2n) is 9.10. The number of carboxylic acids is 1. The molecule has 1 rings (SSSR count). The van der Waals surface area contributed by atoms with E-state index in [4.69, 9.17) is 4.74 Å². The Labute approximate surface area is 196 Å². The normalized spacial score (nSPS) is 11.9. The molecule has 32 heavy (non-hydrogen) atoms. The first kappa shape index (κ1) is 28.2. The number of carboxylic acid groups (broad SMARTS) is 1. The van der Waals surface area contributed by atoms with Crippen molar-refractivity contribution in [2.45, 2.75) is 123 Å². The van der Waals surface area contributed by atoms with E-state index in [9.17, 15) is 14.7 Å². The van der Waals surface area contributed by atoms with Crippen LogP contribution in [0.3, 0.4) is 0 Å². The highest BCUT2D eigenvalue weighted by atomic mass is 16.5. The SMILES string of the molecule is CCCCCCCCCCC(CCCCCCCCC(=O)OCc1ccccc1)C(=O)O. The van der Waals surface area contributed by atoms with Crippen molar-refractivity contribution in [1.82, 2.24) is 0 Å². The van der Waals surface area contributed by atoms with Gasteiger partial charge >= 0.3 is 11.9 Å². The number of aliphatic carboxylic acids is 1. The number of carbonyl (C=O) groups is 2. The van der Waals surface area contributed by atoms with Crippen LogP contribution in [0.1, 0.15) is 122 Å². The van der Waals surface area contributed by atoms with Gasteiger partial charge in [-0.1, -0.05) is 121 Å². The van der Waals surface area contributed by atoms with E-state index in [-0.39, 0.29) is 11.9 Å². The molecule has 0 amide bonds. The standard InChI is InChI=1S/C28H46O4/c1-2-3-4-5-6-7-10-16-21-26(28(30)31)22-17-11-8-9-12-18-23-27(29)32-24-25-19-14-13-15-20-25/h13-15,19-20,26H,2-12,16-18,21-24H2,1H3,(H,30,31). The van der Waals surface area contributed by atoms with Gasteiger partial charge in [0.25, 0.3) is 0 Å². The highest BCUT2D eigenvalue weighted by Crippen LogP contribution is 2.20. The van der Waals surface area contributed by atoms with Gasteiger partial charge in [0.05, 0.1) is 5.92 Å². The van der Waals surface area contributed by atoms with Crippen LogP contribution in [0.2, 0.25) is 0 Å². The molecule has 0 spiro atoms. The monoisotopic (exact) mass is 446 g/mol. The van der Waals surface area contributed by atoms with E-state index in [1.807, 2.05) is 30.3 Å². The summed E-state index contributed by atoms with van der Waals surface area (Å²) in [6.07, 6.45) is 18.3. The summed E-state index contributed by atoms with van der Waals surface area (Å²) >= 11 is 0. The first-order chi connectivity index (χ1) is 15.6. The average Bonchev–Trinajstić information content (AvgIpc) is 2.80. The zero-order chi connectivity index (χ0) is 23.3. The molecule has 0 aliphatic carbocycles. The van der Waals surface area contributed by atoms with Crippen molar-refractivity contribution in [3.05, 3.63) is 35.9 Å². The van der Waals surface area contributed by atoms with E-state index in [0.29, 0.717) is 13.0 Å². The number of ether oxygens (including phenoxy) is 1. The van der Waals surface area contributed by atoms with Gasteiger partial charge < -0.3 is 9.84 Å². The predicted molar refractivity (Wildman–Crippen MR) is 132 cm³/mol. The maximum absolute atomic E-state index is 11.8. The molecule has 0 fully saturated rings. The molecule has 0 aliphatic heterocycles. The number of hydrogen-bond acceptors (Lipinski definition) is 3. The maximum atomic E-state index is 11.8. The lowest BCUT2D eigenvalue weighted by Crippen LogP contribution is -2.13. The van der Waals surface area contributed by atoms with Gasteiger partial charge in [0, 0.05) is 6.42 Å². The van der Waals surface area contributed by atoms with Gasteiger partial charge in [0.2, 0.25) is 0 Å². The van der Waals surface area contributed by atoms with Crippen LogP contribution in [0.5, 0.6) is 0 Å². The van der Waals surface area contributed by atoms with Crippen molar-refractivity contribution in [3.8, 4) is 0 Å². The van der Waals surface area contributed by atoms with Crippen LogP contribution in [0, 0.1) is 5.92 Å². The van der Waals surface area contributed by atoms with Crippen molar-refractivity contribution in [1.29, 1.82) is 0 Å². The summed E-state index contributed by atoms with van der Waals surface area (Å²) in [7, 11) is 0. The zero-order valence-corrected chi connectivity index (χ0v) is 20.4. The van der Waals surface area contributed by atoms with Gasteiger partial charge in [-0.25, -0.2) is 0 Å². The molecule has 1 unspecified atom stereocenters. The first-order valence-corrected chi connectivity index (χ1v) is 13.1.